The van der Waals surface area contributed by atoms with E-state index in [0.29, 0.717) is 16.6 Å². The fourth-order valence-corrected chi connectivity index (χ4v) is 3.50. The smallest absolute Gasteiger partial charge is 0.271 e. The normalized spacial score (nSPS) is 28.1. The molecule has 2 unspecified atom stereocenters. The Bertz CT molecular complexity index is 683. The minimum atomic E-state index is -0.101. The quantitative estimate of drug-likeness (QED) is 0.910. The number of nitrogens with zero attached hydrogens (tertiary/aromatic N) is 3. The van der Waals surface area contributed by atoms with Crippen LogP contribution in [0.3, 0.4) is 0 Å². The van der Waals surface area contributed by atoms with Crippen LogP contribution in [0.25, 0.3) is 5.52 Å². The van der Waals surface area contributed by atoms with Gasteiger partial charge in [-0.2, -0.15) is 0 Å². The first-order valence-electron chi connectivity index (χ1n) is 6.85. The second-order valence-corrected chi connectivity index (χ2v) is 6.09. The minimum Gasteiger partial charge on any atom is -0.346 e. The zero-order chi connectivity index (χ0) is 13.7. The van der Waals surface area contributed by atoms with Gasteiger partial charge in [0, 0.05) is 31.5 Å². The van der Waals surface area contributed by atoms with Gasteiger partial charge >= 0.3 is 0 Å². The molecule has 2 fully saturated rings. The largest absolute Gasteiger partial charge is 0.346 e. The van der Waals surface area contributed by atoms with Gasteiger partial charge in [-0.15, -0.1) is 0 Å². The summed E-state index contributed by atoms with van der Waals surface area (Å²) in [6, 6.07) is 2.08. The zero-order valence-electron chi connectivity index (χ0n) is 10.9. The zero-order valence-corrected chi connectivity index (χ0v) is 11.7. The van der Waals surface area contributed by atoms with Gasteiger partial charge in [-0.3, -0.25) is 4.79 Å². The summed E-state index contributed by atoms with van der Waals surface area (Å²) in [7, 11) is 0. The molecule has 2 aliphatic heterocycles. The van der Waals surface area contributed by atoms with Crippen LogP contribution in [-0.4, -0.2) is 45.9 Å². The van der Waals surface area contributed by atoms with Gasteiger partial charge in [-0.05, 0) is 24.9 Å². The standard InChI is InChI=1S/C14H15ClN4O/c15-10-3-11-4-16-13(8-19(11)6-10)14(20)17-12-7-18-2-1-9(12)5-18/h3-4,6,8-9,12H,1-2,5,7H2,(H,17,20)/t9-,12?/m0/s1. The average molecular weight is 291 g/mol. The van der Waals surface area contributed by atoms with Crippen LogP contribution in [0.15, 0.2) is 24.7 Å². The molecular formula is C14H15ClN4O. The first-order valence-corrected chi connectivity index (χ1v) is 7.23. The summed E-state index contributed by atoms with van der Waals surface area (Å²) in [5.41, 5.74) is 1.32. The fourth-order valence-electron chi connectivity index (χ4n) is 3.28. The van der Waals surface area contributed by atoms with E-state index in [0.717, 1.165) is 18.6 Å². The Morgan fingerprint density at radius 2 is 2.30 bits per heavy atom. The van der Waals surface area contributed by atoms with Gasteiger partial charge in [-0.25, -0.2) is 4.98 Å². The summed E-state index contributed by atoms with van der Waals surface area (Å²) < 4.78 is 1.83. The maximum Gasteiger partial charge on any atom is 0.271 e. The third-order valence-electron chi connectivity index (χ3n) is 4.33. The lowest BCUT2D eigenvalue weighted by Gasteiger charge is -2.22. The number of carbonyl (C=O) groups is 1. The van der Waals surface area contributed by atoms with E-state index in [1.807, 2.05) is 10.5 Å². The number of halogens is 1. The SMILES string of the molecule is O=C(NC1CN2CC[C@H]1C2)c1cn2cc(Cl)cc2cn1. The second-order valence-electron chi connectivity index (χ2n) is 5.65. The first-order chi connectivity index (χ1) is 9.69. The van der Waals surface area contributed by atoms with E-state index in [1.54, 1.807) is 18.6 Å². The molecule has 0 radical (unpaired) electrons. The summed E-state index contributed by atoms with van der Waals surface area (Å²) in [4.78, 5) is 18.9. The minimum absolute atomic E-state index is 0.101. The van der Waals surface area contributed by atoms with Crippen molar-refractivity contribution in [2.75, 3.05) is 19.6 Å². The molecule has 4 heterocycles. The number of nitrogens with one attached hydrogen (secondary N) is 1. The Balaban J connectivity index is 1.54. The molecule has 0 saturated carbocycles. The molecule has 5 nitrogen and oxygen atoms in total. The highest BCUT2D eigenvalue weighted by Crippen LogP contribution is 2.27. The number of fused-ring (bicyclic) bond motifs is 3. The molecule has 3 atom stereocenters. The van der Waals surface area contributed by atoms with E-state index in [9.17, 15) is 4.79 Å². The molecule has 20 heavy (non-hydrogen) atoms. The van der Waals surface area contributed by atoms with Crippen molar-refractivity contribution in [3.05, 3.63) is 35.4 Å². The molecule has 6 heteroatoms. The summed E-state index contributed by atoms with van der Waals surface area (Å²) in [5.74, 6) is 0.499. The van der Waals surface area contributed by atoms with Crippen LogP contribution in [-0.2, 0) is 0 Å². The molecule has 2 aromatic heterocycles. The van der Waals surface area contributed by atoms with Gasteiger partial charge in [0.2, 0.25) is 0 Å². The Hall–Kier alpha value is -1.59. The van der Waals surface area contributed by atoms with E-state index < -0.39 is 0 Å². The van der Waals surface area contributed by atoms with Crippen molar-refractivity contribution in [3.63, 3.8) is 0 Å². The number of amides is 1. The van der Waals surface area contributed by atoms with Crippen molar-refractivity contribution < 1.29 is 4.79 Å². The molecule has 1 amide bonds. The number of carbonyl (C=O) groups excluding carboxylic acids is 1. The van der Waals surface area contributed by atoms with E-state index in [2.05, 4.69) is 15.2 Å². The summed E-state index contributed by atoms with van der Waals surface area (Å²) >= 11 is 5.94. The highest BCUT2D eigenvalue weighted by atomic mass is 35.5. The molecule has 2 saturated heterocycles. The average Bonchev–Trinajstić information content (AvgIpc) is 3.10. The Kier molecular flexibility index (Phi) is 2.72. The third kappa shape index (κ3) is 1.98. The van der Waals surface area contributed by atoms with Gasteiger partial charge in [0.15, 0.2) is 0 Å². The highest BCUT2D eigenvalue weighted by Gasteiger charge is 2.38. The maximum absolute atomic E-state index is 12.3. The molecule has 0 spiro atoms. The van der Waals surface area contributed by atoms with E-state index in [-0.39, 0.29) is 11.9 Å². The highest BCUT2D eigenvalue weighted by molar-refractivity contribution is 6.31. The van der Waals surface area contributed by atoms with Crippen LogP contribution < -0.4 is 5.32 Å². The van der Waals surface area contributed by atoms with E-state index in [1.165, 1.54) is 13.0 Å². The summed E-state index contributed by atoms with van der Waals surface area (Å²) in [5, 5.41) is 3.75. The summed E-state index contributed by atoms with van der Waals surface area (Å²) in [6.07, 6.45) is 6.36. The molecule has 104 valence electrons. The molecular weight excluding hydrogens is 276 g/mol. The molecule has 1 N–H and O–H groups in total. The lowest BCUT2D eigenvalue weighted by molar-refractivity contribution is 0.0919. The van der Waals surface area contributed by atoms with Gasteiger partial charge in [0.25, 0.3) is 5.91 Å². The van der Waals surface area contributed by atoms with Crippen molar-refractivity contribution in [2.45, 2.75) is 12.5 Å². The number of aromatic nitrogens is 2. The molecule has 4 rings (SSSR count). The topological polar surface area (TPSA) is 49.6 Å². The number of piperidine rings is 1. The van der Waals surface area contributed by atoms with Gasteiger partial charge < -0.3 is 14.6 Å². The number of rotatable bonds is 2. The predicted octanol–water partition coefficient (Wildman–Crippen LogP) is 1.42. The van der Waals surface area contributed by atoms with E-state index in [4.69, 9.17) is 11.6 Å². The lowest BCUT2D eigenvalue weighted by atomic mass is 10.00. The van der Waals surface area contributed by atoms with Gasteiger partial charge in [0.05, 0.1) is 16.7 Å². The fraction of sp³-hybridized carbons (Fsp3) is 0.429. The Morgan fingerprint density at radius 1 is 1.40 bits per heavy atom. The Morgan fingerprint density at radius 3 is 3.05 bits per heavy atom. The van der Waals surface area contributed by atoms with Crippen molar-refractivity contribution in [2.24, 2.45) is 5.92 Å². The monoisotopic (exact) mass is 290 g/mol. The van der Waals surface area contributed by atoms with Crippen LogP contribution in [0.4, 0.5) is 0 Å². The van der Waals surface area contributed by atoms with Crippen LogP contribution in [0.5, 0.6) is 0 Å². The van der Waals surface area contributed by atoms with Gasteiger partial charge in [0.1, 0.15) is 5.69 Å². The first kappa shape index (κ1) is 12.2. The maximum atomic E-state index is 12.3. The van der Waals surface area contributed by atoms with Crippen molar-refractivity contribution in [1.82, 2.24) is 19.6 Å². The molecule has 0 aliphatic carbocycles. The lowest BCUT2D eigenvalue weighted by Crippen LogP contribution is -2.43. The van der Waals surface area contributed by atoms with Crippen LogP contribution in [0, 0.1) is 5.92 Å². The van der Waals surface area contributed by atoms with E-state index >= 15 is 0 Å². The van der Waals surface area contributed by atoms with Crippen LogP contribution in [0.1, 0.15) is 16.9 Å². The van der Waals surface area contributed by atoms with Crippen LogP contribution >= 0.6 is 11.6 Å². The van der Waals surface area contributed by atoms with Gasteiger partial charge in [-0.1, -0.05) is 11.6 Å². The van der Waals surface area contributed by atoms with Crippen molar-refractivity contribution >= 4 is 23.0 Å². The predicted molar refractivity (Wildman–Crippen MR) is 76.0 cm³/mol. The Labute approximate surface area is 121 Å². The third-order valence-corrected chi connectivity index (χ3v) is 4.53. The molecule has 2 aromatic rings. The summed E-state index contributed by atoms with van der Waals surface area (Å²) in [6.45, 7) is 3.25. The molecule has 2 aliphatic rings. The van der Waals surface area contributed by atoms with Crippen LogP contribution in [0.2, 0.25) is 5.02 Å². The molecule has 2 bridgehead atoms. The number of hydrogen-bond donors (Lipinski definition) is 1. The molecule has 0 aromatic carbocycles. The van der Waals surface area contributed by atoms with Crippen molar-refractivity contribution in [1.29, 1.82) is 0 Å². The second kappa shape index (κ2) is 4.46. The number of hydrogen-bond acceptors (Lipinski definition) is 3. The van der Waals surface area contributed by atoms with Crippen molar-refractivity contribution in [3.8, 4) is 0 Å².